The van der Waals surface area contributed by atoms with Crippen molar-refractivity contribution in [2.75, 3.05) is 5.33 Å². The summed E-state index contributed by atoms with van der Waals surface area (Å²) in [7, 11) is 0. The summed E-state index contributed by atoms with van der Waals surface area (Å²) >= 11 is 3.32. The first kappa shape index (κ1) is 9.46. The van der Waals surface area contributed by atoms with Gasteiger partial charge >= 0.3 is 0 Å². The van der Waals surface area contributed by atoms with Crippen LogP contribution in [-0.4, -0.2) is 9.90 Å². The lowest BCUT2D eigenvalue weighted by molar-refractivity contribution is 0.746. The van der Waals surface area contributed by atoms with Crippen molar-refractivity contribution in [3.05, 3.63) is 46.9 Å². The number of hydrogen-bond donors (Lipinski definition) is 0. The van der Waals surface area contributed by atoms with Crippen LogP contribution in [-0.2, 0) is 6.54 Å². The second-order valence-electron chi connectivity index (χ2n) is 3.09. The van der Waals surface area contributed by atoms with Gasteiger partial charge in [-0.3, -0.25) is 4.79 Å². The highest BCUT2D eigenvalue weighted by Crippen LogP contribution is 2.07. The minimum absolute atomic E-state index is 0.0857. The summed E-state index contributed by atoms with van der Waals surface area (Å²) in [5.41, 5.74) is 0.0857. The maximum Gasteiger partial charge on any atom is 0.258 e. The fraction of sp³-hybridized carbons (Fsp3) is 0.182. The van der Waals surface area contributed by atoms with E-state index in [9.17, 15) is 4.79 Å². The molecule has 0 spiro atoms. The number of alkyl halides is 1. The van der Waals surface area contributed by atoms with Gasteiger partial charge < -0.3 is 4.57 Å². The predicted octanol–water partition coefficient (Wildman–Crippen LogP) is 2.40. The third kappa shape index (κ3) is 1.60. The smallest absolute Gasteiger partial charge is 0.258 e. The SMILES string of the molecule is O=c1c2ccccc2ccn1CCBr. The van der Waals surface area contributed by atoms with Crippen molar-refractivity contribution in [2.45, 2.75) is 6.54 Å². The van der Waals surface area contributed by atoms with E-state index in [1.807, 2.05) is 36.5 Å². The number of aromatic nitrogens is 1. The lowest BCUT2D eigenvalue weighted by Gasteiger charge is -2.04. The van der Waals surface area contributed by atoms with Crippen LogP contribution in [0.5, 0.6) is 0 Å². The summed E-state index contributed by atoms with van der Waals surface area (Å²) in [6.07, 6.45) is 1.84. The molecule has 0 fully saturated rings. The van der Waals surface area contributed by atoms with Crippen molar-refractivity contribution >= 4 is 26.7 Å². The Labute approximate surface area is 90.3 Å². The lowest BCUT2D eigenvalue weighted by atomic mass is 10.2. The predicted molar refractivity (Wildman–Crippen MR) is 62.0 cm³/mol. The minimum Gasteiger partial charge on any atom is -0.314 e. The highest BCUT2D eigenvalue weighted by molar-refractivity contribution is 9.09. The van der Waals surface area contributed by atoms with Gasteiger partial charge in [0, 0.05) is 23.5 Å². The molecule has 0 aliphatic heterocycles. The molecule has 2 aromatic rings. The Kier molecular flexibility index (Phi) is 2.68. The molecule has 2 rings (SSSR count). The van der Waals surface area contributed by atoms with Crippen molar-refractivity contribution in [2.24, 2.45) is 0 Å². The Bertz CT molecular complexity index is 504. The highest BCUT2D eigenvalue weighted by atomic mass is 79.9. The molecule has 1 aromatic heterocycles. The van der Waals surface area contributed by atoms with Crippen LogP contribution in [0.25, 0.3) is 10.8 Å². The number of halogens is 1. The average molecular weight is 252 g/mol. The van der Waals surface area contributed by atoms with E-state index in [0.717, 1.165) is 16.1 Å². The molecular formula is C11H10BrNO. The summed E-state index contributed by atoms with van der Waals surface area (Å²) in [5.74, 6) is 0. The minimum atomic E-state index is 0.0857. The monoisotopic (exact) mass is 251 g/mol. The van der Waals surface area contributed by atoms with Gasteiger partial charge in [0.2, 0.25) is 0 Å². The topological polar surface area (TPSA) is 22.0 Å². The molecule has 1 heterocycles. The molecule has 0 saturated heterocycles. The van der Waals surface area contributed by atoms with E-state index in [1.54, 1.807) is 4.57 Å². The summed E-state index contributed by atoms with van der Waals surface area (Å²) in [6, 6.07) is 9.62. The van der Waals surface area contributed by atoms with Gasteiger partial charge in [-0.15, -0.1) is 0 Å². The highest BCUT2D eigenvalue weighted by Gasteiger charge is 2.00. The summed E-state index contributed by atoms with van der Waals surface area (Å²) in [5, 5.41) is 2.59. The molecule has 0 aliphatic carbocycles. The van der Waals surface area contributed by atoms with Crippen LogP contribution in [0.1, 0.15) is 0 Å². The van der Waals surface area contributed by atoms with E-state index in [4.69, 9.17) is 0 Å². The van der Waals surface area contributed by atoms with Crippen LogP contribution in [0.4, 0.5) is 0 Å². The van der Waals surface area contributed by atoms with Gasteiger partial charge in [-0.1, -0.05) is 34.1 Å². The van der Waals surface area contributed by atoms with Crippen LogP contribution < -0.4 is 5.56 Å². The number of aryl methyl sites for hydroxylation is 1. The maximum atomic E-state index is 11.9. The van der Waals surface area contributed by atoms with Gasteiger partial charge in [0.25, 0.3) is 5.56 Å². The molecule has 1 aromatic carbocycles. The van der Waals surface area contributed by atoms with E-state index in [-0.39, 0.29) is 5.56 Å². The third-order valence-electron chi connectivity index (χ3n) is 2.21. The van der Waals surface area contributed by atoms with E-state index >= 15 is 0 Å². The molecule has 0 atom stereocenters. The van der Waals surface area contributed by atoms with Crippen LogP contribution in [0.2, 0.25) is 0 Å². The molecule has 2 nitrogen and oxygen atoms in total. The second kappa shape index (κ2) is 3.96. The Hall–Kier alpha value is -1.09. The van der Waals surface area contributed by atoms with Gasteiger partial charge in [-0.25, -0.2) is 0 Å². The van der Waals surface area contributed by atoms with E-state index in [1.165, 1.54) is 0 Å². The summed E-state index contributed by atoms with van der Waals surface area (Å²) < 4.78 is 1.72. The fourth-order valence-corrected chi connectivity index (χ4v) is 1.88. The Morgan fingerprint density at radius 2 is 2.00 bits per heavy atom. The molecule has 0 amide bonds. The van der Waals surface area contributed by atoms with Crippen LogP contribution in [0, 0.1) is 0 Å². The van der Waals surface area contributed by atoms with Gasteiger partial charge in [0.15, 0.2) is 0 Å². The number of fused-ring (bicyclic) bond motifs is 1. The number of nitrogens with zero attached hydrogens (tertiary/aromatic N) is 1. The molecule has 0 aliphatic rings. The van der Waals surface area contributed by atoms with Crippen molar-refractivity contribution in [1.82, 2.24) is 4.57 Å². The van der Waals surface area contributed by atoms with Gasteiger partial charge in [-0.2, -0.15) is 0 Å². The van der Waals surface area contributed by atoms with Crippen molar-refractivity contribution in [3.8, 4) is 0 Å². The zero-order valence-electron chi connectivity index (χ0n) is 7.61. The van der Waals surface area contributed by atoms with Gasteiger partial charge in [0.1, 0.15) is 0 Å². The number of benzene rings is 1. The van der Waals surface area contributed by atoms with Crippen molar-refractivity contribution < 1.29 is 0 Å². The van der Waals surface area contributed by atoms with Crippen molar-refractivity contribution in [3.63, 3.8) is 0 Å². The molecule has 14 heavy (non-hydrogen) atoms. The zero-order chi connectivity index (χ0) is 9.97. The summed E-state index contributed by atoms with van der Waals surface area (Å²) in [6.45, 7) is 0.712. The lowest BCUT2D eigenvalue weighted by Crippen LogP contribution is -2.19. The molecule has 3 heteroatoms. The van der Waals surface area contributed by atoms with E-state index < -0.39 is 0 Å². The average Bonchev–Trinajstić information content (AvgIpc) is 2.23. The standard InChI is InChI=1S/C11H10BrNO/c12-6-8-13-7-5-9-3-1-2-4-10(9)11(13)14/h1-5,7H,6,8H2. The second-order valence-corrected chi connectivity index (χ2v) is 3.88. The van der Waals surface area contributed by atoms with Crippen LogP contribution >= 0.6 is 15.9 Å². The van der Waals surface area contributed by atoms with E-state index in [2.05, 4.69) is 15.9 Å². The first-order valence-corrected chi connectivity index (χ1v) is 5.59. The first-order valence-electron chi connectivity index (χ1n) is 4.47. The molecule has 72 valence electrons. The van der Waals surface area contributed by atoms with Gasteiger partial charge in [-0.05, 0) is 17.5 Å². The van der Waals surface area contributed by atoms with E-state index in [0.29, 0.717) is 6.54 Å². The Morgan fingerprint density at radius 1 is 1.21 bits per heavy atom. The first-order chi connectivity index (χ1) is 6.83. The molecule has 0 saturated carbocycles. The summed E-state index contributed by atoms with van der Waals surface area (Å²) in [4.78, 5) is 11.9. The number of rotatable bonds is 2. The fourth-order valence-electron chi connectivity index (χ4n) is 1.50. The largest absolute Gasteiger partial charge is 0.314 e. The normalized spacial score (nSPS) is 10.6. The van der Waals surface area contributed by atoms with Crippen molar-refractivity contribution in [1.29, 1.82) is 0 Å². The Morgan fingerprint density at radius 3 is 2.79 bits per heavy atom. The molecule has 0 unspecified atom stereocenters. The van der Waals surface area contributed by atoms with Gasteiger partial charge in [0.05, 0.1) is 0 Å². The quantitative estimate of drug-likeness (QED) is 0.752. The van der Waals surface area contributed by atoms with Crippen LogP contribution in [0.15, 0.2) is 41.3 Å². The number of pyridine rings is 1. The Balaban J connectivity index is 2.69. The number of hydrogen-bond acceptors (Lipinski definition) is 1. The molecule has 0 N–H and O–H groups in total. The maximum absolute atomic E-state index is 11.9. The third-order valence-corrected chi connectivity index (χ3v) is 2.57. The molecular weight excluding hydrogens is 242 g/mol. The van der Waals surface area contributed by atoms with Crippen LogP contribution in [0.3, 0.4) is 0 Å². The molecule has 0 bridgehead atoms. The zero-order valence-corrected chi connectivity index (χ0v) is 9.20. The molecule has 0 radical (unpaired) electrons.